The summed E-state index contributed by atoms with van der Waals surface area (Å²) in [7, 11) is 2.09. The zero-order chi connectivity index (χ0) is 29.9. The van der Waals surface area contributed by atoms with Crippen LogP contribution in [-0.4, -0.2) is 79.1 Å². The average molecular weight is 577 g/mol. The Morgan fingerprint density at radius 1 is 1.16 bits per heavy atom. The third kappa shape index (κ3) is 6.07. The van der Waals surface area contributed by atoms with Crippen molar-refractivity contribution >= 4 is 34.5 Å². The van der Waals surface area contributed by atoms with Crippen LogP contribution >= 0.6 is 0 Å². The van der Waals surface area contributed by atoms with E-state index in [1.165, 1.54) is 31.4 Å². The number of anilines is 2. The second kappa shape index (κ2) is 12.0. The first-order valence-corrected chi connectivity index (χ1v) is 14.3. The van der Waals surface area contributed by atoms with E-state index in [2.05, 4.69) is 32.2 Å². The monoisotopic (exact) mass is 576 g/mol. The number of benzene rings is 1. The van der Waals surface area contributed by atoms with E-state index in [0.717, 1.165) is 24.9 Å². The predicted molar refractivity (Wildman–Crippen MR) is 162 cm³/mol. The molecule has 218 valence electrons. The van der Waals surface area contributed by atoms with E-state index in [1.807, 2.05) is 21.7 Å². The SMILES string of the molecule is CN(C/C=C/C(=O)N1CCC[C@@H](n2nc(-c3ccc(C(=O)Nc4cc(C#N)ccn4)cc3)c3c(N)ncnc32)C1)C1CC1. The molecule has 2 amide bonds. The molecule has 2 aliphatic rings. The number of nitriles is 1. The minimum absolute atomic E-state index is 0.00291. The van der Waals surface area contributed by atoms with Gasteiger partial charge >= 0.3 is 0 Å². The van der Waals surface area contributed by atoms with Gasteiger partial charge < -0.3 is 16.0 Å². The summed E-state index contributed by atoms with van der Waals surface area (Å²) in [5.74, 6) is 0.252. The van der Waals surface area contributed by atoms with E-state index >= 15 is 0 Å². The van der Waals surface area contributed by atoms with Gasteiger partial charge in [0.05, 0.1) is 23.1 Å². The maximum Gasteiger partial charge on any atom is 0.256 e. The van der Waals surface area contributed by atoms with Crippen molar-refractivity contribution in [1.82, 2.24) is 34.5 Å². The number of fused-ring (bicyclic) bond motifs is 1. The number of hydrogen-bond donors (Lipinski definition) is 2. The van der Waals surface area contributed by atoms with Crippen molar-refractivity contribution in [1.29, 1.82) is 5.26 Å². The fraction of sp³-hybridized carbons (Fsp3) is 0.323. The van der Waals surface area contributed by atoms with E-state index < -0.39 is 0 Å². The number of nitrogens with two attached hydrogens (primary N) is 1. The van der Waals surface area contributed by atoms with Crippen molar-refractivity contribution in [3.05, 3.63) is 72.2 Å². The molecule has 0 radical (unpaired) electrons. The minimum atomic E-state index is -0.354. The molecule has 2 fully saturated rings. The molecule has 6 rings (SSSR count). The standard InChI is InChI=1S/C31H32N10O2/c1-39(23-10-11-23)14-3-5-26(42)40-15-2-4-24(18-40)41-30-27(29(33)35-19-36-30)28(38-41)21-6-8-22(9-7-21)31(43)37-25-16-20(17-32)12-13-34-25/h3,5-9,12-13,16,19,23-24H,2,4,10-11,14-15,18H2,1H3,(H2,33,35,36)(H,34,37,43)/b5-3+/t24-/m1/s1. The van der Waals surface area contributed by atoms with E-state index in [1.54, 1.807) is 36.4 Å². The molecule has 1 aliphatic carbocycles. The fourth-order valence-electron chi connectivity index (χ4n) is 5.43. The number of nitrogens with zero attached hydrogens (tertiary/aromatic N) is 8. The number of rotatable bonds is 8. The molecule has 0 spiro atoms. The number of piperidine rings is 1. The second-order valence-electron chi connectivity index (χ2n) is 11.0. The Balaban J connectivity index is 1.21. The summed E-state index contributed by atoms with van der Waals surface area (Å²) in [6.45, 7) is 1.98. The minimum Gasteiger partial charge on any atom is -0.383 e. The molecule has 1 aromatic carbocycles. The predicted octanol–water partition coefficient (Wildman–Crippen LogP) is 3.41. The van der Waals surface area contributed by atoms with Gasteiger partial charge in [-0.1, -0.05) is 18.2 Å². The number of pyridine rings is 1. The number of aromatic nitrogens is 5. The number of carbonyl (C=O) groups is 2. The van der Waals surface area contributed by atoms with Crippen molar-refractivity contribution < 1.29 is 9.59 Å². The number of nitrogen functional groups attached to an aromatic ring is 1. The summed E-state index contributed by atoms with van der Waals surface area (Å²) >= 11 is 0. The van der Waals surface area contributed by atoms with Crippen LogP contribution in [0.1, 0.15) is 47.6 Å². The molecule has 12 heteroatoms. The zero-order valence-corrected chi connectivity index (χ0v) is 23.8. The summed E-state index contributed by atoms with van der Waals surface area (Å²) in [5.41, 5.74) is 9.11. The van der Waals surface area contributed by atoms with Crippen molar-refractivity contribution in [2.75, 3.05) is 37.7 Å². The molecule has 1 saturated carbocycles. The molecule has 1 saturated heterocycles. The van der Waals surface area contributed by atoms with E-state index in [0.29, 0.717) is 58.6 Å². The highest BCUT2D eigenvalue weighted by Crippen LogP contribution is 2.34. The summed E-state index contributed by atoms with van der Waals surface area (Å²) < 4.78 is 1.86. The normalized spacial score (nSPS) is 17.0. The first-order valence-electron chi connectivity index (χ1n) is 14.3. The number of amides is 2. The number of hydrogen-bond acceptors (Lipinski definition) is 9. The third-order valence-corrected chi connectivity index (χ3v) is 7.95. The lowest BCUT2D eigenvalue weighted by Gasteiger charge is -2.32. The average Bonchev–Trinajstić information content (AvgIpc) is 3.81. The summed E-state index contributed by atoms with van der Waals surface area (Å²) in [5, 5.41) is 17.4. The van der Waals surface area contributed by atoms with Gasteiger partial charge in [0.25, 0.3) is 5.91 Å². The Hall–Kier alpha value is -5.15. The largest absolute Gasteiger partial charge is 0.383 e. The molecule has 3 N–H and O–H groups in total. The number of likely N-dealkylation sites (tertiary alicyclic amines) is 1. The van der Waals surface area contributed by atoms with Crippen LogP contribution in [0.2, 0.25) is 0 Å². The Bertz CT molecular complexity index is 1740. The zero-order valence-electron chi connectivity index (χ0n) is 23.8. The van der Waals surface area contributed by atoms with Crippen molar-refractivity contribution in [2.45, 2.75) is 37.8 Å². The molecule has 12 nitrogen and oxygen atoms in total. The van der Waals surface area contributed by atoms with Gasteiger partial charge in [0.1, 0.15) is 23.7 Å². The molecule has 0 unspecified atom stereocenters. The molecule has 3 aromatic heterocycles. The Labute approximate surface area is 248 Å². The molecule has 43 heavy (non-hydrogen) atoms. The van der Waals surface area contributed by atoms with E-state index in [4.69, 9.17) is 16.1 Å². The molecule has 4 aromatic rings. The number of nitrogens with one attached hydrogen (secondary N) is 1. The molecule has 1 atom stereocenters. The van der Waals surface area contributed by atoms with Crippen molar-refractivity contribution in [3.8, 4) is 17.3 Å². The van der Waals surface area contributed by atoms with E-state index in [-0.39, 0.29) is 17.9 Å². The van der Waals surface area contributed by atoms with Crippen LogP contribution < -0.4 is 11.1 Å². The van der Waals surface area contributed by atoms with Gasteiger partial charge in [-0.15, -0.1) is 0 Å². The second-order valence-corrected chi connectivity index (χ2v) is 11.0. The summed E-state index contributed by atoms with van der Waals surface area (Å²) in [6, 6.07) is 12.7. The van der Waals surface area contributed by atoms with Gasteiger partial charge in [-0.3, -0.25) is 14.5 Å². The fourth-order valence-corrected chi connectivity index (χ4v) is 5.43. The third-order valence-electron chi connectivity index (χ3n) is 7.95. The maximum atomic E-state index is 13.0. The van der Waals surface area contributed by atoms with E-state index in [9.17, 15) is 9.59 Å². The summed E-state index contributed by atoms with van der Waals surface area (Å²) in [4.78, 5) is 42.8. The van der Waals surface area contributed by atoms with Gasteiger partial charge in [-0.25, -0.2) is 19.6 Å². The topological polar surface area (TPSA) is 159 Å². The highest BCUT2D eigenvalue weighted by atomic mass is 16.2. The van der Waals surface area contributed by atoms with Crippen molar-refractivity contribution in [2.24, 2.45) is 0 Å². The van der Waals surface area contributed by atoms with Gasteiger partial charge in [-0.2, -0.15) is 10.4 Å². The first-order chi connectivity index (χ1) is 20.9. The Morgan fingerprint density at radius 3 is 2.74 bits per heavy atom. The molecular formula is C31H32N10O2. The van der Waals surface area contributed by atoms with Crippen LogP contribution in [0.3, 0.4) is 0 Å². The maximum absolute atomic E-state index is 13.0. The number of carbonyl (C=O) groups excluding carboxylic acids is 2. The van der Waals surface area contributed by atoms with Crippen LogP contribution in [0.4, 0.5) is 11.6 Å². The highest BCUT2D eigenvalue weighted by molar-refractivity contribution is 6.04. The van der Waals surface area contributed by atoms with Gasteiger partial charge in [-0.05, 0) is 57.0 Å². The van der Waals surface area contributed by atoms with Crippen LogP contribution in [0, 0.1) is 11.3 Å². The quantitative estimate of drug-likeness (QED) is 0.300. The van der Waals surface area contributed by atoms with Crippen LogP contribution in [-0.2, 0) is 4.79 Å². The van der Waals surface area contributed by atoms with Gasteiger partial charge in [0.2, 0.25) is 5.91 Å². The lowest BCUT2D eigenvalue weighted by Crippen LogP contribution is -2.40. The summed E-state index contributed by atoms with van der Waals surface area (Å²) in [6.07, 6.45) is 10.7. The van der Waals surface area contributed by atoms with Crippen molar-refractivity contribution in [3.63, 3.8) is 0 Å². The highest BCUT2D eigenvalue weighted by Gasteiger charge is 2.29. The Morgan fingerprint density at radius 2 is 1.98 bits per heavy atom. The number of likely N-dealkylation sites (N-methyl/N-ethyl adjacent to an activating group) is 1. The smallest absolute Gasteiger partial charge is 0.256 e. The first kappa shape index (κ1) is 28.0. The van der Waals surface area contributed by atoms with Crippen LogP contribution in [0.15, 0.2) is 61.1 Å². The molecule has 0 bridgehead atoms. The molecule has 4 heterocycles. The Kier molecular flexibility index (Phi) is 7.81. The van der Waals surface area contributed by atoms with Crippen LogP contribution in [0.5, 0.6) is 0 Å². The van der Waals surface area contributed by atoms with Crippen LogP contribution in [0.25, 0.3) is 22.3 Å². The lowest BCUT2D eigenvalue weighted by atomic mass is 10.1. The van der Waals surface area contributed by atoms with Gasteiger partial charge in [0, 0.05) is 49.1 Å². The lowest BCUT2D eigenvalue weighted by molar-refractivity contribution is -0.127. The van der Waals surface area contributed by atoms with Gasteiger partial charge in [0.15, 0.2) is 5.65 Å². The molecule has 1 aliphatic heterocycles. The molecular weight excluding hydrogens is 544 g/mol.